The summed E-state index contributed by atoms with van der Waals surface area (Å²) < 4.78 is 24.0. The molecule has 1 heterocycles. The highest BCUT2D eigenvalue weighted by molar-refractivity contribution is 7.96. The van der Waals surface area contributed by atoms with Crippen molar-refractivity contribution in [3.05, 3.63) is 35.4 Å². The Morgan fingerprint density at radius 3 is 2.69 bits per heavy atom. The van der Waals surface area contributed by atoms with E-state index in [9.17, 15) is 13.2 Å². The number of benzene rings is 1. The van der Waals surface area contributed by atoms with E-state index in [0.29, 0.717) is 0 Å². The van der Waals surface area contributed by atoms with E-state index in [0.717, 1.165) is 6.20 Å². The summed E-state index contributed by atoms with van der Waals surface area (Å²) >= 11 is 0. The normalized spacial score (nSPS) is 20.1. The fourth-order valence-corrected chi connectivity index (χ4v) is 2.87. The van der Waals surface area contributed by atoms with Crippen LogP contribution in [0.2, 0.25) is 0 Å². The molecule has 1 aliphatic rings. The van der Waals surface area contributed by atoms with Gasteiger partial charge in [-0.1, -0.05) is 12.1 Å². The predicted molar refractivity (Wildman–Crippen MR) is 57.7 cm³/mol. The molecule has 0 saturated heterocycles. The number of hydrogen-bond acceptors (Lipinski definition) is 5. The van der Waals surface area contributed by atoms with Crippen LogP contribution < -0.4 is 16.6 Å². The maximum atomic E-state index is 12.0. The molecule has 0 saturated carbocycles. The Kier molecular flexibility index (Phi) is 2.41. The first-order valence-corrected chi connectivity index (χ1v) is 5.87. The molecule has 6 nitrogen and oxygen atoms in total. The SMILES string of the molecule is NN/C=C1/C(=O)Nc2ccccc2S1(=O)=O. The van der Waals surface area contributed by atoms with Gasteiger partial charge in [0.05, 0.1) is 10.6 Å². The molecule has 0 fully saturated rings. The molecule has 1 aromatic rings. The number of sulfone groups is 1. The molecule has 7 heteroatoms. The molecule has 1 amide bonds. The number of carbonyl (C=O) groups is 1. The highest BCUT2D eigenvalue weighted by atomic mass is 32.2. The minimum absolute atomic E-state index is 0.0658. The van der Waals surface area contributed by atoms with Crippen molar-refractivity contribution in [1.29, 1.82) is 0 Å². The average Bonchev–Trinajstić information content (AvgIpc) is 2.24. The van der Waals surface area contributed by atoms with Gasteiger partial charge < -0.3 is 10.7 Å². The Balaban J connectivity index is 2.70. The third-order valence-electron chi connectivity index (χ3n) is 2.15. The lowest BCUT2D eigenvalue weighted by Crippen LogP contribution is -2.30. The Bertz CT molecular complexity index is 577. The standard InChI is InChI=1S/C9H9N3O3S/c10-11-5-8-9(13)12-6-3-1-2-4-7(6)16(8,14)15/h1-5,11H,10H2,(H,12,13)/b8-5-. The second kappa shape index (κ2) is 3.62. The summed E-state index contributed by atoms with van der Waals surface area (Å²) in [6.45, 7) is 0. The van der Waals surface area contributed by atoms with Crippen molar-refractivity contribution in [3.63, 3.8) is 0 Å². The molecule has 0 unspecified atom stereocenters. The molecular weight excluding hydrogens is 230 g/mol. The molecule has 1 aromatic carbocycles. The molecule has 0 radical (unpaired) electrons. The van der Waals surface area contributed by atoms with Crippen LogP contribution >= 0.6 is 0 Å². The van der Waals surface area contributed by atoms with Crippen molar-refractivity contribution in [3.8, 4) is 0 Å². The van der Waals surface area contributed by atoms with Gasteiger partial charge in [-0.05, 0) is 12.1 Å². The van der Waals surface area contributed by atoms with Crippen molar-refractivity contribution in [2.45, 2.75) is 4.90 Å². The number of nitrogens with two attached hydrogens (primary N) is 1. The summed E-state index contributed by atoms with van der Waals surface area (Å²) in [6, 6.07) is 6.18. The topological polar surface area (TPSA) is 101 Å². The maximum Gasteiger partial charge on any atom is 0.269 e. The van der Waals surface area contributed by atoms with Gasteiger partial charge in [-0.3, -0.25) is 10.6 Å². The number of hydrogen-bond donors (Lipinski definition) is 3. The molecule has 0 atom stereocenters. The van der Waals surface area contributed by atoms with Crippen molar-refractivity contribution in [2.75, 3.05) is 5.32 Å². The Morgan fingerprint density at radius 2 is 2.00 bits per heavy atom. The van der Waals surface area contributed by atoms with E-state index >= 15 is 0 Å². The van der Waals surface area contributed by atoms with Crippen LogP contribution in [0, 0.1) is 0 Å². The predicted octanol–water partition coefficient (Wildman–Crippen LogP) is -0.283. The molecule has 2 rings (SSSR count). The zero-order chi connectivity index (χ0) is 11.8. The smallest absolute Gasteiger partial charge is 0.269 e. The summed E-state index contributed by atoms with van der Waals surface area (Å²) in [4.78, 5) is 11.2. The lowest BCUT2D eigenvalue weighted by atomic mass is 10.3. The second-order valence-electron chi connectivity index (χ2n) is 3.13. The van der Waals surface area contributed by atoms with Gasteiger partial charge >= 0.3 is 0 Å². The van der Waals surface area contributed by atoms with Crippen LogP contribution in [0.5, 0.6) is 0 Å². The third kappa shape index (κ3) is 1.46. The summed E-state index contributed by atoms with van der Waals surface area (Å²) in [5, 5.41) is 2.47. The monoisotopic (exact) mass is 239 g/mol. The molecule has 16 heavy (non-hydrogen) atoms. The van der Waals surface area contributed by atoms with Gasteiger partial charge in [-0.15, -0.1) is 0 Å². The fourth-order valence-electron chi connectivity index (χ4n) is 1.45. The second-order valence-corrected chi connectivity index (χ2v) is 5.02. The van der Waals surface area contributed by atoms with Crippen LogP contribution in [-0.2, 0) is 14.6 Å². The van der Waals surface area contributed by atoms with E-state index in [1.54, 1.807) is 12.1 Å². The number of rotatable bonds is 1. The number of anilines is 1. The van der Waals surface area contributed by atoms with Crippen LogP contribution in [0.15, 0.2) is 40.3 Å². The van der Waals surface area contributed by atoms with Crippen molar-refractivity contribution in [1.82, 2.24) is 5.43 Å². The van der Waals surface area contributed by atoms with E-state index in [1.165, 1.54) is 12.1 Å². The molecule has 84 valence electrons. The molecule has 0 aliphatic carbocycles. The number of carbonyl (C=O) groups excluding carboxylic acids is 1. The summed E-state index contributed by atoms with van der Waals surface area (Å²) in [5.74, 6) is 4.29. The number of para-hydroxylation sites is 1. The van der Waals surface area contributed by atoms with E-state index in [1.807, 2.05) is 0 Å². The van der Waals surface area contributed by atoms with Gasteiger partial charge in [0, 0.05) is 6.20 Å². The first-order valence-electron chi connectivity index (χ1n) is 4.39. The quantitative estimate of drug-likeness (QED) is 0.355. The number of amides is 1. The van der Waals surface area contributed by atoms with Gasteiger partial charge in [0.2, 0.25) is 9.84 Å². The Morgan fingerprint density at radius 1 is 1.31 bits per heavy atom. The zero-order valence-corrected chi connectivity index (χ0v) is 8.91. The molecule has 0 aromatic heterocycles. The van der Waals surface area contributed by atoms with E-state index in [4.69, 9.17) is 5.84 Å². The van der Waals surface area contributed by atoms with E-state index in [2.05, 4.69) is 10.7 Å². The lowest BCUT2D eigenvalue weighted by Gasteiger charge is -2.18. The summed E-state index contributed by atoms with van der Waals surface area (Å²) in [6.07, 6.45) is 0.959. The Labute approximate surface area is 92.0 Å². The van der Waals surface area contributed by atoms with E-state index in [-0.39, 0.29) is 10.6 Å². The third-order valence-corrected chi connectivity index (χ3v) is 3.97. The van der Waals surface area contributed by atoms with Crippen LogP contribution in [0.3, 0.4) is 0 Å². The van der Waals surface area contributed by atoms with Crippen molar-refractivity contribution >= 4 is 21.4 Å². The molecule has 1 aliphatic heterocycles. The molecule has 4 N–H and O–H groups in total. The van der Waals surface area contributed by atoms with Gasteiger partial charge in [0.15, 0.2) is 4.91 Å². The summed E-state index contributed by atoms with van der Waals surface area (Å²) in [7, 11) is -3.79. The average molecular weight is 239 g/mol. The number of nitrogens with one attached hydrogen (secondary N) is 2. The van der Waals surface area contributed by atoms with Crippen LogP contribution in [0.1, 0.15) is 0 Å². The first-order chi connectivity index (χ1) is 7.57. The van der Waals surface area contributed by atoms with Gasteiger partial charge in [-0.25, -0.2) is 8.42 Å². The highest BCUT2D eigenvalue weighted by Gasteiger charge is 2.34. The minimum Gasteiger partial charge on any atom is -0.330 e. The highest BCUT2D eigenvalue weighted by Crippen LogP contribution is 2.31. The Hall–Kier alpha value is -1.86. The first kappa shape index (κ1) is 10.7. The van der Waals surface area contributed by atoms with Crippen LogP contribution in [0.25, 0.3) is 0 Å². The number of fused-ring (bicyclic) bond motifs is 1. The molecule has 0 spiro atoms. The largest absolute Gasteiger partial charge is 0.330 e. The van der Waals surface area contributed by atoms with Crippen LogP contribution in [-0.4, -0.2) is 14.3 Å². The van der Waals surface area contributed by atoms with Crippen LogP contribution in [0.4, 0.5) is 5.69 Å². The molecule has 0 bridgehead atoms. The molecular formula is C9H9N3O3S. The fraction of sp³-hybridized carbons (Fsp3) is 0. The van der Waals surface area contributed by atoms with Crippen molar-refractivity contribution < 1.29 is 13.2 Å². The van der Waals surface area contributed by atoms with Gasteiger partial charge in [0.1, 0.15) is 0 Å². The maximum absolute atomic E-state index is 12.0. The van der Waals surface area contributed by atoms with Crippen molar-refractivity contribution in [2.24, 2.45) is 5.84 Å². The minimum atomic E-state index is -3.79. The number of hydrazine groups is 1. The van der Waals surface area contributed by atoms with E-state index < -0.39 is 20.6 Å². The summed E-state index contributed by atoms with van der Waals surface area (Å²) in [5.41, 5.74) is 2.33. The lowest BCUT2D eigenvalue weighted by molar-refractivity contribution is -0.112. The van der Waals surface area contributed by atoms with Gasteiger partial charge in [0.25, 0.3) is 5.91 Å². The van der Waals surface area contributed by atoms with Gasteiger partial charge in [-0.2, -0.15) is 0 Å². The zero-order valence-electron chi connectivity index (χ0n) is 8.10.